The predicted octanol–water partition coefficient (Wildman–Crippen LogP) is 2.20. The first-order valence-corrected chi connectivity index (χ1v) is 7.29. The number of rotatable bonds is 3. The lowest BCUT2D eigenvalue weighted by atomic mass is 10.0. The Morgan fingerprint density at radius 3 is 2.76 bits per heavy atom. The molecule has 0 aliphatic carbocycles. The van der Waals surface area contributed by atoms with Gasteiger partial charge in [0.25, 0.3) is 0 Å². The van der Waals surface area contributed by atoms with Crippen LogP contribution in [0.25, 0.3) is 5.69 Å². The van der Waals surface area contributed by atoms with Crippen LogP contribution in [0.4, 0.5) is 4.39 Å². The van der Waals surface area contributed by atoms with Crippen molar-refractivity contribution in [1.29, 1.82) is 0 Å². The van der Waals surface area contributed by atoms with Gasteiger partial charge in [-0.2, -0.15) is 5.10 Å². The van der Waals surface area contributed by atoms with Gasteiger partial charge in [-0.3, -0.25) is 4.90 Å². The van der Waals surface area contributed by atoms with E-state index < -0.39 is 0 Å². The molecule has 1 fully saturated rings. The Morgan fingerprint density at radius 1 is 1.29 bits per heavy atom. The second-order valence-corrected chi connectivity index (χ2v) is 6.29. The van der Waals surface area contributed by atoms with E-state index in [1.807, 2.05) is 12.4 Å². The molecule has 21 heavy (non-hydrogen) atoms. The molecule has 3 rings (SSSR count). The summed E-state index contributed by atoms with van der Waals surface area (Å²) in [5.41, 5.74) is 2.21. The van der Waals surface area contributed by atoms with Crippen molar-refractivity contribution in [3.63, 3.8) is 0 Å². The summed E-state index contributed by atoms with van der Waals surface area (Å²) in [6.07, 6.45) is 3.90. The fourth-order valence-corrected chi connectivity index (χ4v) is 2.82. The lowest BCUT2D eigenvalue weighted by Gasteiger charge is -2.38. The fourth-order valence-electron chi connectivity index (χ4n) is 2.82. The highest BCUT2D eigenvalue weighted by Crippen LogP contribution is 2.15. The zero-order valence-electron chi connectivity index (χ0n) is 12.5. The van der Waals surface area contributed by atoms with E-state index in [1.54, 1.807) is 16.8 Å². The smallest absolute Gasteiger partial charge is 0.123 e. The molecule has 0 unspecified atom stereocenters. The number of halogens is 1. The van der Waals surface area contributed by atoms with E-state index in [1.165, 1.54) is 17.7 Å². The van der Waals surface area contributed by atoms with Gasteiger partial charge in [-0.15, -0.1) is 0 Å². The first-order chi connectivity index (χ1) is 10.0. The van der Waals surface area contributed by atoms with Crippen molar-refractivity contribution in [2.24, 2.45) is 0 Å². The van der Waals surface area contributed by atoms with Crippen LogP contribution < -0.4 is 5.32 Å². The molecule has 1 aromatic heterocycles. The first-order valence-electron chi connectivity index (χ1n) is 7.29. The summed E-state index contributed by atoms with van der Waals surface area (Å²) < 4.78 is 14.7. The third kappa shape index (κ3) is 3.49. The predicted molar refractivity (Wildman–Crippen MR) is 80.9 cm³/mol. The second-order valence-electron chi connectivity index (χ2n) is 6.29. The van der Waals surface area contributed by atoms with Gasteiger partial charge in [0, 0.05) is 43.5 Å². The highest BCUT2D eigenvalue weighted by atomic mass is 19.1. The minimum Gasteiger partial charge on any atom is -0.309 e. The third-order valence-corrected chi connectivity index (χ3v) is 3.78. The SMILES string of the molecule is CC1(C)CN(Cc2cnn(-c3ccc(F)cc3)c2)CCN1. The molecule has 1 N–H and O–H groups in total. The Hall–Kier alpha value is -1.72. The van der Waals surface area contributed by atoms with Gasteiger partial charge in [-0.1, -0.05) is 0 Å². The molecule has 0 bridgehead atoms. The van der Waals surface area contributed by atoms with E-state index in [0.29, 0.717) is 0 Å². The quantitative estimate of drug-likeness (QED) is 0.940. The second kappa shape index (κ2) is 5.58. The third-order valence-electron chi connectivity index (χ3n) is 3.78. The molecule has 1 aliphatic heterocycles. The van der Waals surface area contributed by atoms with E-state index in [9.17, 15) is 4.39 Å². The molecule has 112 valence electrons. The van der Waals surface area contributed by atoms with Gasteiger partial charge in [0.2, 0.25) is 0 Å². The topological polar surface area (TPSA) is 33.1 Å². The van der Waals surface area contributed by atoms with E-state index in [0.717, 1.165) is 31.9 Å². The highest BCUT2D eigenvalue weighted by molar-refractivity contribution is 5.31. The van der Waals surface area contributed by atoms with E-state index in [-0.39, 0.29) is 11.4 Å². The number of hydrogen-bond acceptors (Lipinski definition) is 3. The van der Waals surface area contributed by atoms with Crippen LogP contribution in [-0.2, 0) is 6.54 Å². The normalized spacial score (nSPS) is 18.8. The maximum Gasteiger partial charge on any atom is 0.123 e. The minimum absolute atomic E-state index is 0.158. The highest BCUT2D eigenvalue weighted by Gasteiger charge is 2.25. The van der Waals surface area contributed by atoms with Crippen molar-refractivity contribution in [1.82, 2.24) is 20.0 Å². The van der Waals surface area contributed by atoms with Gasteiger partial charge >= 0.3 is 0 Å². The molecular weight excluding hydrogens is 267 g/mol. The van der Waals surface area contributed by atoms with Crippen molar-refractivity contribution >= 4 is 0 Å². The van der Waals surface area contributed by atoms with Crippen LogP contribution in [0.2, 0.25) is 0 Å². The van der Waals surface area contributed by atoms with Crippen molar-refractivity contribution in [2.45, 2.75) is 25.9 Å². The zero-order chi connectivity index (χ0) is 14.9. The Morgan fingerprint density at radius 2 is 2.05 bits per heavy atom. The van der Waals surface area contributed by atoms with Crippen LogP contribution in [0.3, 0.4) is 0 Å². The molecule has 0 saturated carbocycles. The van der Waals surface area contributed by atoms with Crippen LogP contribution in [0.5, 0.6) is 0 Å². The Balaban J connectivity index is 1.69. The summed E-state index contributed by atoms with van der Waals surface area (Å²) in [4.78, 5) is 2.43. The maximum absolute atomic E-state index is 12.9. The maximum atomic E-state index is 12.9. The number of hydrogen-bond donors (Lipinski definition) is 1. The van der Waals surface area contributed by atoms with Gasteiger partial charge in [0.05, 0.1) is 11.9 Å². The number of nitrogens with zero attached hydrogens (tertiary/aromatic N) is 3. The molecule has 0 radical (unpaired) electrons. The largest absolute Gasteiger partial charge is 0.309 e. The summed E-state index contributed by atoms with van der Waals surface area (Å²) >= 11 is 0. The van der Waals surface area contributed by atoms with Gasteiger partial charge in [0.1, 0.15) is 5.82 Å². The molecule has 5 heteroatoms. The lowest BCUT2D eigenvalue weighted by Crippen LogP contribution is -2.56. The molecule has 2 aromatic rings. The average molecular weight is 288 g/mol. The standard InChI is InChI=1S/C16H21FN4/c1-16(2)12-20(8-7-18-16)10-13-9-19-21(11-13)15-5-3-14(17)4-6-15/h3-6,9,11,18H,7-8,10,12H2,1-2H3. The van der Waals surface area contributed by atoms with E-state index in [2.05, 4.69) is 29.2 Å². The molecule has 1 aliphatic rings. The van der Waals surface area contributed by atoms with Gasteiger partial charge in [-0.25, -0.2) is 9.07 Å². The first kappa shape index (κ1) is 14.2. The van der Waals surface area contributed by atoms with Gasteiger partial charge in [0.15, 0.2) is 0 Å². The van der Waals surface area contributed by atoms with Crippen LogP contribution in [0.1, 0.15) is 19.4 Å². The fraction of sp³-hybridized carbons (Fsp3) is 0.438. The van der Waals surface area contributed by atoms with E-state index >= 15 is 0 Å². The molecule has 1 saturated heterocycles. The summed E-state index contributed by atoms with van der Waals surface area (Å²) in [5, 5.41) is 7.88. The van der Waals surface area contributed by atoms with Crippen LogP contribution in [0, 0.1) is 5.82 Å². The summed E-state index contributed by atoms with van der Waals surface area (Å²) in [5.74, 6) is -0.228. The minimum atomic E-state index is -0.228. The average Bonchev–Trinajstić information content (AvgIpc) is 2.87. The van der Waals surface area contributed by atoms with Crippen molar-refractivity contribution < 1.29 is 4.39 Å². The summed E-state index contributed by atoms with van der Waals surface area (Å²) in [6.45, 7) is 8.42. The molecular formula is C16H21FN4. The van der Waals surface area contributed by atoms with Gasteiger partial charge < -0.3 is 5.32 Å². The van der Waals surface area contributed by atoms with Crippen molar-refractivity contribution in [3.8, 4) is 5.69 Å². The monoisotopic (exact) mass is 288 g/mol. The number of aromatic nitrogens is 2. The Bertz CT molecular complexity index is 603. The molecule has 0 atom stereocenters. The number of piperazine rings is 1. The summed E-state index contributed by atoms with van der Waals surface area (Å²) in [7, 11) is 0. The molecule has 1 aromatic carbocycles. The molecule has 4 nitrogen and oxygen atoms in total. The molecule has 0 amide bonds. The lowest BCUT2D eigenvalue weighted by molar-refractivity contribution is 0.148. The van der Waals surface area contributed by atoms with Crippen molar-refractivity contribution in [2.75, 3.05) is 19.6 Å². The number of benzene rings is 1. The van der Waals surface area contributed by atoms with Crippen LogP contribution in [0.15, 0.2) is 36.7 Å². The summed E-state index contributed by atoms with van der Waals surface area (Å²) in [6, 6.07) is 6.38. The Kier molecular flexibility index (Phi) is 3.78. The van der Waals surface area contributed by atoms with Crippen LogP contribution >= 0.6 is 0 Å². The Labute approximate surface area is 124 Å². The molecule has 0 spiro atoms. The van der Waals surface area contributed by atoms with E-state index in [4.69, 9.17) is 0 Å². The number of nitrogens with one attached hydrogen (secondary N) is 1. The van der Waals surface area contributed by atoms with Crippen LogP contribution in [-0.4, -0.2) is 39.9 Å². The van der Waals surface area contributed by atoms with Crippen molar-refractivity contribution in [3.05, 3.63) is 48.0 Å². The zero-order valence-corrected chi connectivity index (χ0v) is 12.5. The molecule has 2 heterocycles. The van der Waals surface area contributed by atoms with Gasteiger partial charge in [-0.05, 0) is 38.1 Å².